The van der Waals surface area contributed by atoms with Crippen LogP contribution in [0.5, 0.6) is 5.75 Å². The van der Waals surface area contributed by atoms with E-state index in [4.69, 9.17) is 0 Å². The molecule has 2 atom stereocenters. The molecular formula is C18H18F3N5O2. The summed E-state index contributed by atoms with van der Waals surface area (Å²) >= 11 is 0. The lowest BCUT2D eigenvalue weighted by atomic mass is 9.93. The SMILES string of the molecule is Cc1nc(N2CC[C@@H]3CC(=O)NC[C@@H]32)nnc1-c1ccc(C(F)(F)F)cc1O. The number of amides is 1. The molecule has 4 rings (SSSR count). The molecule has 0 spiro atoms. The number of carbonyl (C=O) groups is 1. The van der Waals surface area contributed by atoms with E-state index in [1.165, 1.54) is 6.07 Å². The summed E-state index contributed by atoms with van der Waals surface area (Å²) in [5.74, 6) is 0.178. The van der Waals surface area contributed by atoms with E-state index in [0.29, 0.717) is 37.2 Å². The van der Waals surface area contributed by atoms with Gasteiger partial charge in [-0.25, -0.2) is 4.98 Å². The number of phenols is 1. The number of hydrogen-bond acceptors (Lipinski definition) is 6. The van der Waals surface area contributed by atoms with Gasteiger partial charge >= 0.3 is 6.18 Å². The van der Waals surface area contributed by atoms with Gasteiger partial charge in [-0.15, -0.1) is 10.2 Å². The van der Waals surface area contributed by atoms with E-state index in [2.05, 4.69) is 20.5 Å². The molecule has 2 aromatic rings. The van der Waals surface area contributed by atoms with Crippen LogP contribution < -0.4 is 10.2 Å². The molecule has 7 nitrogen and oxygen atoms in total. The van der Waals surface area contributed by atoms with Crippen molar-refractivity contribution < 1.29 is 23.1 Å². The molecule has 28 heavy (non-hydrogen) atoms. The van der Waals surface area contributed by atoms with Crippen molar-refractivity contribution in [1.82, 2.24) is 20.5 Å². The Hall–Kier alpha value is -2.91. The molecule has 2 fully saturated rings. The van der Waals surface area contributed by atoms with Crippen molar-refractivity contribution in [3.63, 3.8) is 0 Å². The number of benzene rings is 1. The summed E-state index contributed by atoms with van der Waals surface area (Å²) in [5.41, 5.74) is -0.126. The van der Waals surface area contributed by atoms with Crippen LogP contribution in [-0.2, 0) is 11.0 Å². The first-order valence-corrected chi connectivity index (χ1v) is 8.89. The van der Waals surface area contributed by atoms with Crippen molar-refractivity contribution in [2.45, 2.75) is 32.0 Å². The maximum Gasteiger partial charge on any atom is 0.416 e. The molecule has 3 heterocycles. The Morgan fingerprint density at radius 1 is 1.29 bits per heavy atom. The zero-order valence-corrected chi connectivity index (χ0v) is 15.0. The molecular weight excluding hydrogens is 375 g/mol. The maximum atomic E-state index is 12.8. The molecule has 2 saturated heterocycles. The summed E-state index contributed by atoms with van der Waals surface area (Å²) in [6.07, 6.45) is -3.20. The third-order valence-electron chi connectivity index (χ3n) is 5.33. The van der Waals surface area contributed by atoms with Gasteiger partial charge in [0, 0.05) is 25.1 Å². The average molecular weight is 393 g/mol. The van der Waals surface area contributed by atoms with Crippen LogP contribution in [0.3, 0.4) is 0 Å². The van der Waals surface area contributed by atoms with Crippen molar-refractivity contribution in [1.29, 1.82) is 0 Å². The molecule has 0 aliphatic carbocycles. The smallest absolute Gasteiger partial charge is 0.416 e. The second-order valence-corrected chi connectivity index (χ2v) is 7.09. The average Bonchev–Trinajstić information content (AvgIpc) is 3.04. The minimum Gasteiger partial charge on any atom is -0.507 e. The van der Waals surface area contributed by atoms with E-state index in [0.717, 1.165) is 12.5 Å². The Labute approximate surface area is 158 Å². The van der Waals surface area contributed by atoms with E-state index in [-0.39, 0.29) is 29.1 Å². The number of halogens is 3. The number of aromatic hydroxyl groups is 1. The molecule has 0 unspecified atom stereocenters. The standard InChI is InChI=1S/C18H18F3N5O2/c1-9-16(12-3-2-11(7-14(12)27)18(19,20)21)24-25-17(23-9)26-5-4-10-6-15(28)22-8-13(10)26/h2-3,7,10,13,27H,4-6,8H2,1H3,(H,22,28)/t10-,13+/m1/s1. The Morgan fingerprint density at radius 2 is 2.07 bits per heavy atom. The summed E-state index contributed by atoms with van der Waals surface area (Å²) in [6, 6.07) is 2.82. The lowest BCUT2D eigenvalue weighted by Crippen LogP contribution is -2.49. The van der Waals surface area contributed by atoms with Gasteiger partial charge in [-0.3, -0.25) is 4.79 Å². The van der Waals surface area contributed by atoms with Crippen LogP contribution in [0, 0.1) is 12.8 Å². The van der Waals surface area contributed by atoms with E-state index in [1.807, 2.05) is 4.90 Å². The van der Waals surface area contributed by atoms with Crippen LogP contribution in [-0.4, -0.2) is 45.3 Å². The number of fused-ring (bicyclic) bond motifs is 1. The fourth-order valence-electron chi connectivity index (χ4n) is 3.88. The largest absolute Gasteiger partial charge is 0.507 e. The lowest BCUT2D eigenvalue weighted by molar-refractivity contribution is -0.137. The Balaban J connectivity index is 1.62. The van der Waals surface area contributed by atoms with Crippen LogP contribution in [0.2, 0.25) is 0 Å². The number of aromatic nitrogens is 3. The monoisotopic (exact) mass is 393 g/mol. The van der Waals surface area contributed by atoms with Crippen molar-refractivity contribution in [3.8, 4) is 17.0 Å². The lowest BCUT2D eigenvalue weighted by Gasteiger charge is -2.31. The summed E-state index contributed by atoms with van der Waals surface area (Å²) in [6.45, 7) is 2.89. The van der Waals surface area contributed by atoms with Gasteiger partial charge in [0.15, 0.2) is 0 Å². The number of nitrogens with zero attached hydrogens (tertiary/aromatic N) is 4. The zero-order valence-electron chi connectivity index (χ0n) is 15.0. The second kappa shape index (κ2) is 6.61. The van der Waals surface area contributed by atoms with Crippen LogP contribution in [0.4, 0.5) is 19.1 Å². The molecule has 2 aliphatic rings. The van der Waals surface area contributed by atoms with Gasteiger partial charge < -0.3 is 15.3 Å². The number of piperidine rings is 1. The minimum atomic E-state index is -4.54. The molecule has 2 N–H and O–H groups in total. The number of nitrogens with one attached hydrogen (secondary N) is 1. The maximum absolute atomic E-state index is 12.8. The first-order chi connectivity index (χ1) is 13.2. The number of aryl methyl sites for hydroxylation is 1. The van der Waals surface area contributed by atoms with Crippen molar-refractivity contribution in [3.05, 3.63) is 29.5 Å². The first-order valence-electron chi connectivity index (χ1n) is 8.89. The molecule has 1 amide bonds. The predicted octanol–water partition coefficient (Wildman–Crippen LogP) is 2.29. The number of carbonyl (C=O) groups excluding carboxylic acids is 1. The summed E-state index contributed by atoms with van der Waals surface area (Å²) in [7, 11) is 0. The first kappa shape index (κ1) is 18.5. The molecule has 0 bridgehead atoms. The minimum absolute atomic E-state index is 0.0476. The Morgan fingerprint density at radius 3 is 2.75 bits per heavy atom. The highest BCUT2D eigenvalue weighted by molar-refractivity contribution is 5.77. The number of anilines is 1. The number of rotatable bonds is 2. The van der Waals surface area contributed by atoms with E-state index in [9.17, 15) is 23.1 Å². The highest BCUT2D eigenvalue weighted by Gasteiger charge is 2.40. The van der Waals surface area contributed by atoms with Crippen LogP contribution >= 0.6 is 0 Å². The van der Waals surface area contributed by atoms with Gasteiger partial charge in [0.05, 0.1) is 17.3 Å². The third-order valence-corrected chi connectivity index (χ3v) is 5.33. The molecule has 1 aromatic carbocycles. The van der Waals surface area contributed by atoms with Crippen molar-refractivity contribution in [2.24, 2.45) is 5.92 Å². The quantitative estimate of drug-likeness (QED) is 0.814. The molecule has 1 aromatic heterocycles. The second-order valence-electron chi connectivity index (χ2n) is 7.09. The van der Waals surface area contributed by atoms with Crippen LogP contribution in [0.1, 0.15) is 24.1 Å². The topological polar surface area (TPSA) is 91.2 Å². The molecule has 10 heteroatoms. The van der Waals surface area contributed by atoms with Gasteiger partial charge in [-0.2, -0.15) is 13.2 Å². The predicted molar refractivity (Wildman–Crippen MR) is 93.5 cm³/mol. The number of hydrogen-bond donors (Lipinski definition) is 2. The van der Waals surface area contributed by atoms with E-state index >= 15 is 0 Å². The normalized spacial score (nSPS) is 22.1. The molecule has 2 aliphatic heterocycles. The number of phenolic OH excluding ortho intramolecular Hbond substituents is 1. The zero-order chi connectivity index (χ0) is 20.1. The summed E-state index contributed by atoms with van der Waals surface area (Å²) in [4.78, 5) is 18.0. The van der Waals surface area contributed by atoms with Gasteiger partial charge in [0.25, 0.3) is 0 Å². The molecule has 0 saturated carbocycles. The van der Waals surface area contributed by atoms with Crippen LogP contribution in [0.25, 0.3) is 11.3 Å². The Kier molecular flexibility index (Phi) is 4.35. The van der Waals surface area contributed by atoms with Gasteiger partial charge in [0.1, 0.15) is 11.4 Å². The van der Waals surface area contributed by atoms with Gasteiger partial charge in [0.2, 0.25) is 11.9 Å². The molecule has 148 valence electrons. The highest BCUT2D eigenvalue weighted by Crippen LogP contribution is 2.37. The fraction of sp³-hybridized carbons (Fsp3) is 0.444. The third kappa shape index (κ3) is 3.23. The van der Waals surface area contributed by atoms with Gasteiger partial charge in [-0.1, -0.05) is 0 Å². The molecule has 0 radical (unpaired) electrons. The summed E-state index contributed by atoms with van der Waals surface area (Å²) in [5, 5.41) is 21.1. The van der Waals surface area contributed by atoms with E-state index < -0.39 is 17.5 Å². The Bertz CT molecular complexity index is 934. The number of alkyl halides is 3. The van der Waals surface area contributed by atoms with Crippen LogP contribution in [0.15, 0.2) is 18.2 Å². The van der Waals surface area contributed by atoms with E-state index in [1.54, 1.807) is 6.92 Å². The highest BCUT2D eigenvalue weighted by atomic mass is 19.4. The summed E-state index contributed by atoms with van der Waals surface area (Å²) < 4.78 is 38.4. The fourth-order valence-corrected chi connectivity index (χ4v) is 3.88. The van der Waals surface area contributed by atoms with Crippen molar-refractivity contribution >= 4 is 11.9 Å². The van der Waals surface area contributed by atoms with Crippen molar-refractivity contribution in [2.75, 3.05) is 18.0 Å². The van der Waals surface area contributed by atoms with Gasteiger partial charge in [-0.05, 0) is 37.5 Å².